The van der Waals surface area contributed by atoms with Crippen LogP contribution < -0.4 is 0 Å². The Morgan fingerprint density at radius 3 is 2.41 bits per heavy atom. The molecule has 5 heteroatoms. The first-order chi connectivity index (χ1) is 10.5. The van der Waals surface area contributed by atoms with Crippen molar-refractivity contribution in [3.8, 4) is 11.5 Å². The number of carboxylic acid groups (broad SMARTS) is 1. The first kappa shape index (κ1) is 15.6. The summed E-state index contributed by atoms with van der Waals surface area (Å²) in [5.74, 6) is -1.22. The van der Waals surface area contributed by atoms with Gasteiger partial charge in [0.05, 0.1) is 0 Å². The highest BCUT2D eigenvalue weighted by molar-refractivity contribution is 6.02. The monoisotopic (exact) mass is 299 g/mol. The summed E-state index contributed by atoms with van der Waals surface area (Å²) in [6, 6.07) is 12.4. The normalized spacial score (nSPS) is 12.9. The predicted octanol–water partition coefficient (Wildman–Crippen LogP) is 2.60. The van der Waals surface area contributed by atoms with Crippen molar-refractivity contribution in [2.24, 2.45) is 4.99 Å². The number of nitrogens with zero attached hydrogens (tertiary/aromatic N) is 1. The Bertz CT molecular complexity index is 695. The molecule has 0 aliphatic carbocycles. The lowest BCUT2D eigenvalue weighted by atomic mass is 10.1. The van der Waals surface area contributed by atoms with Crippen molar-refractivity contribution in [1.29, 1.82) is 0 Å². The number of carboxylic acids is 1. The maximum atomic E-state index is 11.4. The van der Waals surface area contributed by atoms with Crippen LogP contribution in [0.2, 0.25) is 0 Å². The summed E-state index contributed by atoms with van der Waals surface area (Å²) in [5, 5.41) is 28.4. The molecule has 0 bridgehead atoms. The number of benzene rings is 2. The Hall–Kier alpha value is -2.82. The molecule has 3 N–H and O–H groups in total. The average Bonchev–Trinajstić information content (AvgIpc) is 2.47. The number of hydrogen-bond donors (Lipinski definition) is 3. The SMILES string of the molecule is CC(=NC(Cc1ccccc1)C(=O)O)c1ccc(O)cc1O. The smallest absolute Gasteiger partial charge is 0.328 e. The van der Waals surface area contributed by atoms with E-state index in [-0.39, 0.29) is 17.9 Å². The van der Waals surface area contributed by atoms with E-state index in [2.05, 4.69) is 4.99 Å². The molecule has 22 heavy (non-hydrogen) atoms. The number of aliphatic carboxylic acids is 1. The summed E-state index contributed by atoms with van der Waals surface area (Å²) in [6.07, 6.45) is 0.270. The van der Waals surface area contributed by atoms with Crippen molar-refractivity contribution in [3.63, 3.8) is 0 Å². The number of hydrogen-bond acceptors (Lipinski definition) is 4. The van der Waals surface area contributed by atoms with Gasteiger partial charge in [0, 0.05) is 23.8 Å². The summed E-state index contributed by atoms with van der Waals surface area (Å²) >= 11 is 0. The molecule has 2 aromatic rings. The van der Waals surface area contributed by atoms with Gasteiger partial charge in [0.2, 0.25) is 0 Å². The number of phenolic OH excluding ortho intramolecular Hbond substituents is 2. The lowest BCUT2D eigenvalue weighted by molar-refractivity contribution is -0.138. The van der Waals surface area contributed by atoms with E-state index in [1.54, 1.807) is 6.92 Å². The van der Waals surface area contributed by atoms with E-state index in [0.29, 0.717) is 11.3 Å². The Balaban J connectivity index is 2.27. The summed E-state index contributed by atoms with van der Waals surface area (Å²) in [6.45, 7) is 1.63. The zero-order chi connectivity index (χ0) is 16.1. The first-order valence-corrected chi connectivity index (χ1v) is 6.81. The molecular formula is C17H17NO4. The molecule has 0 fully saturated rings. The van der Waals surface area contributed by atoms with Gasteiger partial charge in [-0.2, -0.15) is 0 Å². The van der Waals surface area contributed by atoms with E-state index in [1.807, 2.05) is 30.3 Å². The number of aromatic hydroxyl groups is 2. The van der Waals surface area contributed by atoms with Crippen LogP contribution in [0.1, 0.15) is 18.1 Å². The molecule has 0 heterocycles. The van der Waals surface area contributed by atoms with Gasteiger partial charge in [0.15, 0.2) is 6.04 Å². The molecule has 0 spiro atoms. The Morgan fingerprint density at radius 1 is 1.14 bits per heavy atom. The molecule has 0 aliphatic rings. The van der Waals surface area contributed by atoms with Crippen LogP contribution in [0.15, 0.2) is 53.5 Å². The largest absolute Gasteiger partial charge is 0.508 e. The number of aliphatic imine (C=N–C) groups is 1. The summed E-state index contributed by atoms with van der Waals surface area (Å²) in [7, 11) is 0. The van der Waals surface area contributed by atoms with Crippen LogP contribution in [0.25, 0.3) is 0 Å². The third kappa shape index (κ3) is 3.85. The molecule has 0 saturated carbocycles. The third-order valence-electron chi connectivity index (χ3n) is 3.28. The number of carbonyl (C=O) groups is 1. The third-order valence-corrected chi connectivity index (χ3v) is 3.28. The van der Waals surface area contributed by atoms with E-state index in [9.17, 15) is 20.1 Å². The topological polar surface area (TPSA) is 90.1 Å². The van der Waals surface area contributed by atoms with E-state index in [1.165, 1.54) is 18.2 Å². The van der Waals surface area contributed by atoms with Gasteiger partial charge in [0.25, 0.3) is 0 Å². The Morgan fingerprint density at radius 2 is 1.82 bits per heavy atom. The quantitative estimate of drug-likeness (QED) is 0.740. The first-order valence-electron chi connectivity index (χ1n) is 6.81. The highest BCUT2D eigenvalue weighted by Crippen LogP contribution is 2.23. The zero-order valence-corrected chi connectivity index (χ0v) is 12.1. The molecule has 2 rings (SSSR count). The minimum Gasteiger partial charge on any atom is -0.508 e. The van der Waals surface area contributed by atoms with Crippen molar-refractivity contribution < 1.29 is 20.1 Å². The van der Waals surface area contributed by atoms with Crippen molar-refractivity contribution in [3.05, 3.63) is 59.7 Å². The minimum atomic E-state index is -1.03. The molecule has 0 saturated heterocycles. The highest BCUT2D eigenvalue weighted by Gasteiger charge is 2.18. The van der Waals surface area contributed by atoms with Gasteiger partial charge in [0.1, 0.15) is 11.5 Å². The van der Waals surface area contributed by atoms with E-state index < -0.39 is 12.0 Å². The van der Waals surface area contributed by atoms with Crippen LogP contribution >= 0.6 is 0 Å². The van der Waals surface area contributed by atoms with Gasteiger partial charge >= 0.3 is 5.97 Å². The van der Waals surface area contributed by atoms with E-state index in [4.69, 9.17) is 0 Å². The maximum absolute atomic E-state index is 11.4. The summed E-state index contributed by atoms with van der Waals surface area (Å²) in [5.41, 5.74) is 1.68. The van der Waals surface area contributed by atoms with E-state index in [0.717, 1.165) is 5.56 Å². The van der Waals surface area contributed by atoms with Gasteiger partial charge in [-0.3, -0.25) is 4.99 Å². The fourth-order valence-electron chi connectivity index (χ4n) is 2.15. The molecule has 1 atom stereocenters. The van der Waals surface area contributed by atoms with Gasteiger partial charge in [-0.1, -0.05) is 30.3 Å². The Labute approximate surface area is 128 Å². The molecule has 2 aromatic carbocycles. The van der Waals surface area contributed by atoms with Crippen molar-refractivity contribution >= 4 is 11.7 Å². The van der Waals surface area contributed by atoms with Gasteiger partial charge in [-0.25, -0.2) is 4.79 Å². The summed E-state index contributed by atoms with van der Waals surface area (Å²) < 4.78 is 0. The average molecular weight is 299 g/mol. The fourth-order valence-corrected chi connectivity index (χ4v) is 2.15. The standard InChI is InChI=1S/C17H17NO4/c1-11(14-8-7-13(19)10-16(14)20)18-15(17(21)22)9-12-5-3-2-4-6-12/h2-8,10,15,19-20H,9H2,1H3,(H,21,22). The fraction of sp³-hybridized carbons (Fsp3) is 0.176. The molecule has 1 unspecified atom stereocenters. The van der Waals surface area contributed by atoms with Crippen LogP contribution in [0.3, 0.4) is 0 Å². The molecule has 5 nitrogen and oxygen atoms in total. The van der Waals surface area contributed by atoms with Crippen LogP contribution in [0.4, 0.5) is 0 Å². The summed E-state index contributed by atoms with van der Waals surface area (Å²) in [4.78, 5) is 15.6. The van der Waals surface area contributed by atoms with Crippen LogP contribution in [0, 0.1) is 0 Å². The van der Waals surface area contributed by atoms with Gasteiger partial charge < -0.3 is 15.3 Å². The number of phenols is 2. The molecule has 0 radical (unpaired) electrons. The van der Waals surface area contributed by atoms with Crippen LogP contribution in [-0.2, 0) is 11.2 Å². The zero-order valence-electron chi connectivity index (χ0n) is 12.1. The van der Waals surface area contributed by atoms with Crippen LogP contribution in [0.5, 0.6) is 11.5 Å². The van der Waals surface area contributed by atoms with Gasteiger partial charge in [-0.15, -0.1) is 0 Å². The predicted molar refractivity (Wildman–Crippen MR) is 83.6 cm³/mol. The second-order valence-corrected chi connectivity index (χ2v) is 4.96. The van der Waals surface area contributed by atoms with Crippen molar-refractivity contribution in [1.82, 2.24) is 0 Å². The van der Waals surface area contributed by atoms with Crippen molar-refractivity contribution in [2.45, 2.75) is 19.4 Å². The molecule has 0 aromatic heterocycles. The molecule has 114 valence electrons. The molecule has 0 aliphatic heterocycles. The lowest BCUT2D eigenvalue weighted by Gasteiger charge is -2.11. The van der Waals surface area contributed by atoms with E-state index >= 15 is 0 Å². The second kappa shape index (κ2) is 6.76. The highest BCUT2D eigenvalue weighted by atomic mass is 16.4. The molecule has 0 amide bonds. The minimum absolute atomic E-state index is 0.0619. The van der Waals surface area contributed by atoms with Gasteiger partial charge in [-0.05, 0) is 24.6 Å². The molecular weight excluding hydrogens is 282 g/mol. The van der Waals surface area contributed by atoms with Crippen LogP contribution in [-0.4, -0.2) is 33.0 Å². The number of rotatable bonds is 5. The maximum Gasteiger partial charge on any atom is 0.328 e. The van der Waals surface area contributed by atoms with Crippen molar-refractivity contribution in [2.75, 3.05) is 0 Å². The second-order valence-electron chi connectivity index (χ2n) is 4.96. The Kier molecular flexibility index (Phi) is 4.78. The lowest BCUT2D eigenvalue weighted by Crippen LogP contribution is -2.22.